The second kappa shape index (κ2) is 10.8. The second-order valence-corrected chi connectivity index (χ2v) is 8.42. The van der Waals surface area contributed by atoms with E-state index in [1.807, 2.05) is 54.6 Å². The average molecular weight is 467 g/mol. The predicted molar refractivity (Wildman–Crippen MR) is 125 cm³/mol. The quantitative estimate of drug-likeness (QED) is 0.510. The summed E-state index contributed by atoms with van der Waals surface area (Å²) in [6, 6.07) is 16.0. The first-order valence-electron chi connectivity index (χ1n) is 11.4. The van der Waals surface area contributed by atoms with Crippen LogP contribution in [0.15, 0.2) is 66.2 Å². The van der Waals surface area contributed by atoms with E-state index in [0.717, 1.165) is 11.1 Å². The highest BCUT2D eigenvalue weighted by molar-refractivity contribution is 5.96. The van der Waals surface area contributed by atoms with Crippen molar-refractivity contribution in [2.45, 2.75) is 30.6 Å². The zero-order chi connectivity index (χ0) is 24.1. The van der Waals surface area contributed by atoms with Crippen LogP contribution < -0.4 is 10.1 Å². The number of para-hydroxylation sites is 1. The van der Waals surface area contributed by atoms with E-state index in [1.54, 1.807) is 18.1 Å². The molecule has 2 aromatic rings. The van der Waals surface area contributed by atoms with Crippen LogP contribution in [0.2, 0.25) is 0 Å². The standard InChI is InChI=1S/C26H30N2O6/c1-33-14-12-28(22(30)15-17-7-3-2-4-8-17)20-16-19(26(32)27-11-13-29)23-18-9-5-6-10-21(18)34-25(23)24(20)31/h2-10,16,20,23-25,29,31H,11-15H2,1H3,(H,27,32)/t20-,23+,24+,25+/m1/s1. The molecule has 2 amide bonds. The number of methoxy groups -OCH3 is 1. The maximum absolute atomic E-state index is 13.4. The fraction of sp³-hybridized carbons (Fsp3) is 0.385. The molecule has 0 aromatic heterocycles. The number of rotatable bonds is 9. The average Bonchev–Trinajstić information content (AvgIpc) is 3.25. The van der Waals surface area contributed by atoms with Gasteiger partial charge in [0.2, 0.25) is 11.8 Å². The Morgan fingerprint density at radius 1 is 1.12 bits per heavy atom. The van der Waals surface area contributed by atoms with Crippen LogP contribution in [0.3, 0.4) is 0 Å². The second-order valence-electron chi connectivity index (χ2n) is 8.42. The molecule has 0 spiro atoms. The van der Waals surface area contributed by atoms with E-state index in [-0.39, 0.29) is 44.5 Å². The molecule has 8 heteroatoms. The Balaban J connectivity index is 1.70. The molecule has 0 saturated heterocycles. The lowest BCUT2D eigenvalue weighted by Crippen LogP contribution is -2.56. The van der Waals surface area contributed by atoms with Gasteiger partial charge in [0.25, 0.3) is 0 Å². The van der Waals surface area contributed by atoms with E-state index in [1.165, 1.54) is 0 Å². The van der Waals surface area contributed by atoms with Gasteiger partial charge in [0.1, 0.15) is 18.0 Å². The molecule has 0 bridgehead atoms. The number of benzene rings is 2. The minimum atomic E-state index is -1.05. The number of amides is 2. The molecule has 2 aliphatic rings. The topological polar surface area (TPSA) is 108 Å². The molecule has 0 unspecified atom stereocenters. The van der Waals surface area contributed by atoms with Gasteiger partial charge in [-0.15, -0.1) is 0 Å². The maximum Gasteiger partial charge on any atom is 0.247 e. The van der Waals surface area contributed by atoms with Crippen LogP contribution in [-0.4, -0.2) is 78.6 Å². The summed E-state index contributed by atoms with van der Waals surface area (Å²) in [4.78, 5) is 28.0. The Kier molecular flexibility index (Phi) is 7.62. The zero-order valence-corrected chi connectivity index (χ0v) is 19.1. The molecule has 1 aliphatic carbocycles. The number of hydrogen-bond donors (Lipinski definition) is 3. The number of aliphatic hydroxyl groups is 2. The number of carbonyl (C=O) groups excluding carboxylic acids is 2. The third kappa shape index (κ3) is 4.84. The van der Waals surface area contributed by atoms with Crippen molar-refractivity contribution in [2.24, 2.45) is 0 Å². The van der Waals surface area contributed by atoms with E-state index in [2.05, 4.69) is 5.32 Å². The molecule has 1 aliphatic heterocycles. The van der Waals surface area contributed by atoms with Crippen molar-refractivity contribution >= 4 is 11.8 Å². The number of nitrogens with one attached hydrogen (secondary N) is 1. The minimum Gasteiger partial charge on any atom is -0.486 e. The van der Waals surface area contributed by atoms with Crippen molar-refractivity contribution < 1.29 is 29.3 Å². The number of ether oxygens (including phenoxy) is 2. The van der Waals surface area contributed by atoms with E-state index in [0.29, 0.717) is 11.3 Å². The molecular weight excluding hydrogens is 436 g/mol. The van der Waals surface area contributed by atoms with E-state index >= 15 is 0 Å². The zero-order valence-electron chi connectivity index (χ0n) is 19.1. The summed E-state index contributed by atoms with van der Waals surface area (Å²) in [5.74, 6) is -0.414. The molecule has 8 nitrogen and oxygen atoms in total. The van der Waals surface area contributed by atoms with Crippen molar-refractivity contribution in [3.63, 3.8) is 0 Å². The summed E-state index contributed by atoms with van der Waals surface area (Å²) in [6.07, 6.45) is 0.0472. The van der Waals surface area contributed by atoms with Gasteiger partial charge in [-0.1, -0.05) is 48.5 Å². The van der Waals surface area contributed by atoms with Crippen molar-refractivity contribution in [1.29, 1.82) is 0 Å². The first kappa shape index (κ1) is 23.9. The molecule has 1 heterocycles. The summed E-state index contributed by atoms with van der Waals surface area (Å²) in [6.45, 7) is 0.431. The molecule has 2 aromatic carbocycles. The first-order chi connectivity index (χ1) is 16.5. The van der Waals surface area contributed by atoms with Gasteiger partial charge in [-0.25, -0.2) is 0 Å². The van der Waals surface area contributed by atoms with Crippen LogP contribution in [0.1, 0.15) is 17.0 Å². The van der Waals surface area contributed by atoms with E-state index in [4.69, 9.17) is 9.47 Å². The fourth-order valence-corrected chi connectivity index (χ4v) is 4.69. The number of hydrogen-bond acceptors (Lipinski definition) is 6. The molecule has 3 N–H and O–H groups in total. The monoisotopic (exact) mass is 466 g/mol. The SMILES string of the molecule is COCCN(C(=O)Cc1ccccc1)[C@@H]1C=C(C(=O)NCCO)[C@@H]2c3ccccc3O[C@@H]2[C@H]1O. The Labute approximate surface area is 198 Å². The van der Waals surface area contributed by atoms with Crippen molar-refractivity contribution in [3.05, 3.63) is 77.4 Å². The number of fused-ring (bicyclic) bond motifs is 3. The Hall–Kier alpha value is -3.20. The molecular formula is C26H30N2O6. The van der Waals surface area contributed by atoms with Crippen LogP contribution in [0.5, 0.6) is 5.75 Å². The van der Waals surface area contributed by atoms with Crippen molar-refractivity contribution in [2.75, 3.05) is 33.4 Å². The van der Waals surface area contributed by atoms with Crippen LogP contribution in [0, 0.1) is 0 Å². The van der Waals surface area contributed by atoms with Crippen LogP contribution in [0.25, 0.3) is 0 Å². The molecule has 0 fully saturated rings. The Bertz CT molecular complexity index is 1040. The lowest BCUT2D eigenvalue weighted by Gasteiger charge is -2.40. The summed E-state index contributed by atoms with van der Waals surface area (Å²) in [5.41, 5.74) is 2.08. The summed E-state index contributed by atoms with van der Waals surface area (Å²) in [7, 11) is 1.55. The summed E-state index contributed by atoms with van der Waals surface area (Å²) in [5, 5.41) is 23.3. The molecule has 180 valence electrons. The highest BCUT2D eigenvalue weighted by Gasteiger charge is 2.50. The molecule has 0 saturated carbocycles. The smallest absolute Gasteiger partial charge is 0.247 e. The summed E-state index contributed by atoms with van der Waals surface area (Å²) < 4.78 is 11.3. The van der Waals surface area contributed by atoms with E-state index in [9.17, 15) is 19.8 Å². The summed E-state index contributed by atoms with van der Waals surface area (Å²) >= 11 is 0. The maximum atomic E-state index is 13.4. The lowest BCUT2D eigenvalue weighted by molar-refractivity contribution is -0.137. The highest BCUT2D eigenvalue weighted by Crippen LogP contribution is 2.47. The fourth-order valence-electron chi connectivity index (χ4n) is 4.69. The van der Waals surface area contributed by atoms with Gasteiger partial charge in [0.15, 0.2) is 0 Å². The molecule has 34 heavy (non-hydrogen) atoms. The van der Waals surface area contributed by atoms with Gasteiger partial charge >= 0.3 is 0 Å². The van der Waals surface area contributed by atoms with Gasteiger partial charge in [-0.3, -0.25) is 9.59 Å². The van der Waals surface area contributed by atoms with Gasteiger partial charge in [-0.05, 0) is 17.7 Å². The largest absolute Gasteiger partial charge is 0.486 e. The highest BCUT2D eigenvalue weighted by atomic mass is 16.5. The third-order valence-electron chi connectivity index (χ3n) is 6.29. The molecule has 4 rings (SSSR count). The van der Waals surface area contributed by atoms with Gasteiger partial charge in [-0.2, -0.15) is 0 Å². The first-order valence-corrected chi connectivity index (χ1v) is 11.4. The Morgan fingerprint density at radius 3 is 2.59 bits per heavy atom. The third-order valence-corrected chi connectivity index (χ3v) is 6.29. The Morgan fingerprint density at radius 2 is 1.85 bits per heavy atom. The number of carbonyl (C=O) groups is 2. The van der Waals surface area contributed by atoms with E-state index < -0.39 is 24.2 Å². The minimum absolute atomic E-state index is 0.101. The normalized spacial score (nSPS) is 22.7. The predicted octanol–water partition coefficient (Wildman–Crippen LogP) is 1.03. The number of aliphatic hydroxyl groups excluding tert-OH is 2. The number of nitrogens with zero attached hydrogens (tertiary/aromatic N) is 1. The lowest BCUT2D eigenvalue weighted by atomic mass is 9.77. The van der Waals surface area contributed by atoms with Crippen LogP contribution in [0.4, 0.5) is 0 Å². The van der Waals surface area contributed by atoms with Crippen LogP contribution >= 0.6 is 0 Å². The van der Waals surface area contributed by atoms with Crippen molar-refractivity contribution in [1.82, 2.24) is 10.2 Å². The van der Waals surface area contributed by atoms with Gasteiger partial charge < -0.3 is 29.9 Å². The van der Waals surface area contributed by atoms with Crippen LogP contribution in [-0.2, 0) is 20.7 Å². The molecule has 0 radical (unpaired) electrons. The van der Waals surface area contributed by atoms with Crippen molar-refractivity contribution in [3.8, 4) is 5.75 Å². The van der Waals surface area contributed by atoms with Gasteiger partial charge in [0, 0.05) is 31.3 Å². The van der Waals surface area contributed by atoms with Gasteiger partial charge in [0.05, 0.1) is 31.6 Å². The molecule has 4 atom stereocenters.